The highest BCUT2D eigenvalue weighted by atomic mass is 35.5. The Labute approximate surface area is 217 Å². The molecule has 1 aliphatic heterocycles. The van der Waals surface area contributed by atoms with Crippen LogP contribution in [0.25, 0.3) is 10.9 Å². The van der Waals surface area contributed by atoms with E-state index in [1.165, 1.54) is 10.8 Å². The highest BCUT2D eigenvalue weighted by Gasteiger charge is 2.47. The fourth-order valence-corrected chi connectivity index (χ4v) is 5.19. The number of rotatable bonds is 8. The number of piperidine rings is 1. The monoisotopic (exact) mass is 529 g/mol. The maximum atomic E-state index is 15.0. The van der Waals surface area contributed by atoms with Gasteiger partial charge in [-0.3, -0.25) is 9.36 Å². The summed E-state index contributed by atoms with van der Waals surface area (Å²) in [6, 6.07) is 7.71. The molecule has 2 unspecified atom stereocenters. The van der Waals surface area contributed by atoms with Crippen molar-refractivity contribution in [2.45, 2.75) is 50.4 Å². The van der Waals surface area contributed by atoms with E-state index in [2.05, 4.69) is 10.6 Å². The predicted molar refractivity (Wildman–Crippen MR) is 138 cm³/mol. The van der Waals surface area contributed by atoms with E-state index in [1.807, 2.05) is 0 Å². The molecule has 0 bridgehead atoms. The van der Waals surface area contributed by atoms with Gasteiger partial charge in [-0.2, -0.15) is 0 Å². The Balaban J connectivity index is 1.20. The zero-order chi connectivity index (χ0) is 26.5. The van der Waals surface area contributed by atoms with E-state index in [0.717, 1.165) is 12.8 Å². The van der Waals surface area contributed by atoms with Gasteiger partial charge in [0, 0.05) is 36.2 Å². The smallest absolute Gasteiger partial charge is 0.323 e. The largest absolute Gasteiger partial charge is 0.491 e. The molecule has 3 aromatic rings. The van der Waals surface area contributed by atoms with E-state index in [4.69, 9.17) is 27.8 Å². The molecule has 2 fully saturated rings. The number of ether oxygens (including phenoxy) is 1. The minimum atomic E-state index is -1.37. The van der Waals surface area contributed by atoms with Crippen LogP contribution >= 0.6 is 11.6 Å². The highest BCUT2D eigenvalue weighted by Crippen LogP contribution is 2.40. The number of benzene rings is 2. The lowest BCUT2D eigenvalue weighted by atomic mass is 9.96. The number of anilines is 1. The molecule has 1 saturated heterocycles. The summed E-state index contributed by atoms with van der Waals surface area (Å²) in [5.41, 5.74) is 11.6. The molecule has 1 aromatic heterocycles. The molecule has 11 heteroatoms. The number of nitrogens with one attached hydrogen (secondary N) is 2. The van der Waals surface area contributed by atoms with Gasteiger partial charge in [0.1, 0.15) is 18.2 Å². The van der Waals surface area contributed by atoms with Crippen LogP contribution in [0.2, 0.25) is 5.02 Å². The van der Waals surface area contributed by atoms with Crippen molar-refractivity contribution < 1.29 is 23.8 Å². The molecule has 9 nitrogen and oxygen atoms in total. The molecule has 0 spiro atoms. The summed E-state index contributed by atoms with van der Waals surface area (Å²) < 4.78 is 22.0. The standard InChI is InChI=1S/C26H29ClFN5O4/c1-26(36,12-37-16-4-5-21-17(8-16)18(29)11-33(21)25(30)35)9-13-2-3-14(23(28)22(13)27)10-31-24(34)20-7-15-6-19(15)32-20/h2-5,8,11,15,19-20,32,36H,6-7,9-10,12,29H2,1H3,(H2,30,35)(H,31,34)/t15?,19-,20+,26?/m1/s1. The van der Waals surface area contributed by atoms with Crippen molar-refractivity contribution >= 4 is 40.1 Å². The minimum absolute atomic E-state index is 0.0285. The molecule has 7 N–H and O–H groups in total. The number of nitrogens with zero attached hydrogens (tertiary/aromatic N) is 1. The van der Waals surface area contributed by atoms with Gasteiger partial charge in [-0.15, -0.1) is 0 Å². The molecule has 196 valence electrons. The number of carbonyl (C=O) groups excluding carboxylic acids is 2. The number of nitrogen functional groups attached to an aromatic ring is 1. The number of nitrogens with two attached hydrogens (primary N) is 2. The summed E-state index contributed by atoms with van der Waals surface area (Å²) in [5.74, 6) is 0.248. The number of carbonyl (C=O) groups is 2. The quantitative estimate of drug-likeness (QED) is 0.303. The fraction of sp³-hybridized carbons (Fsp3) is 0.385. The van der Waals surface area contributed by atoms with Crippen LogP contribution in [0.3, 0.4) is 0 Å². The van der Waals surface area contributed by atoms with Crippen molar-refractivity contribution in [3.8, 4) is 5.75 Å². The predicted octanol–water partition coefficient (Wildman–Crippen LogP) is 2.68. The summed E-state index contributed by atoms with van der Waals surface area (Å²) in [6.07, 6.45) is 3.41. The van der Waals surface area contributed by atoms with Crippen LogP contribution < -0.4 is 26.8 Å². The van der Waals surface area contributed by atoms with Crippen molar-refractivity contribution in [2.24, 2.45) is 11.7 Å². The summed E-state index contributed by atoms with van der Waals surface area (Å²) in [5, 5.41) is 17.4. The van der Waals surface area contributed by atoms with Gasteiger partial charge in [0.15, 0.2) is 0 Å². The van der Waals surface area contributed by atoms with Gasteiger partial charge in [0.2, 0.25) is 5.91 Å². The normalized spacial score (nSPS) is 21.9. The summed E-state index contributed by atoms with van der Waals surface area (Å²) in [6.45, 7) is 1.48. The summed E-state index contributed by atoms with van der Waals surface area (Å²) in [7, 11) is 0. The van der Waals surface area contributed by atoms with Crippen molar-refractivity contribution in [2.75, 3.05) is 12.3 Å². The third-order valence-corrected chi connectivity index (χ3v) is 7.46. The second-order valence-electron chi connectivity index (χ2n) is 10.2. The molecule has 2 aromatic carbocycles. The summed E-state index contributed by atoms with van der Waals surface area (Å²) in [4.78, 5) is 23.9. The van der Waals surface area contributed by atoms with E-state index >= 15 is 0 Å². The maximum absolute atomic E-state index is 15.0. The Morgan fingerprint density at radius 3 is 2.76 bits per heavy atom. The van der Waals surface area contributed by atoms with Crippen LogP contribution in [0, 0.1) is 11.7 Å². The van der Waals surface area contributed by atoms with Gasteiger partial charge < -0.3 is 31.9 Å². The van der Waals surface area contributed by atoms with Crippen LogP contribution in [-0.4, -0.2) is 45.9 Å². The molecular weight excluding hydrogens is 501 g/mol. The van der Waals surface area contributed by atoms with E-state index in [1.54, 1.807) is 37.3 Å². The molecule has 2 heterocycles. The highest BCUT2D eigenvalue weighted by molar-refractivity contribution is 6.31. The number of primary amides is 1. The van der Waals surface area contributed by atoms with E-state index in [9.17, 15) is 19.1 Å². The Bertz CT molecular complexity index is 1380. The molecule has 4 atom stereocenters. The Morgan fingerprint density at radius 1 is 1.30 bits per heavy atom. The topological polar surface area (TPSA) is 145 Å². The molecular formula is C26H29ClFN5O4. The van der Waals surface area contributed by atoms with Crippen molar-refractivity contribution in [3.63, 3.8) is 0 Å². The van der Waals surface area contributed by atoms with Gasteiger partial charge in [0.25, 0.3) is 0 Å². The number of fused-ring (bicyclic) bond motifs is 2. The van der Waals surface area contributed by atoms with Gasteiger partial charge in [0.05, 0.1) is 27.9 Å². The van der Waals surface area contributed by atoms with E-state index in [-0.39, 0.29) is 42.1 Å². The van der Waals surface area contributed by atoms with Gasteiger partial charge >= 0.3 is 6.03 Å². The fourth-order valence-electron chi connectivity index (χ4n) is 4.94. The van der Waals surface area contributed by atoms with Crippen LogP contribution in [0.4, 0.5) is 14.9 Å². The Morgan fingerprint density at radius 2 is 2.05 bits per heavy atom. The molecule has 37 heavy (non-hydrogen) atoms. The van der Waals surface area contributed by atoms with Crippen molar-refractivity contribution in [1.82, 2.24) is 15.2 Å². The first-order valence-corrected chi connectivity index (χ1v) is 12.5. The molecule has 2 amide bonds. The molecule has 5 rings (SSSR count). The first kappa shape index (κ1) is 25.3. The number of aliphatic hydroxyl groups is 1. The Kier molecular flexibility index (Phi) is 6.51. The molecule has 1 aliphatic carbocycles. The average Bonchev–Trinajstić information content (AvgIpc) is 3.31. The van der Waals surface area contributed by atoms with E-state index < -0.39 is 17.4 Å². The lowest BCUT2D eigenvalue weighted by Crippen LogP contribution is -2.42. The Hall–Kier alpha value is -3.34. The number of hydrogen-bond acceptors (Lipinski definition) is 6. The van der Waals surface area contributed by atoms with Crippen LogP contribution in [0.1, 0.15) is 30.9 Å². The SMILES string of the molecule is CC(O)(COc1ccc2c(c1)c(N)cn2C(N)=O)Cc1ccc(CNC(=O)[C@@H]2CC3C[C@H]3N2)c(F)c1Cl. The first-order chi connectivity index (χ1) is 17.5. The third kappa shape index (κ3) is 5.22. The zero-order valence-corrected chi connectivity index (χ0v) is 21.0. The number of amides is 2. The minimum Gasteiger partial charge on any atom is -0.491 e. The molecule has 2 aliphatic rings. The second-order valence-corrected chi connectivity index (χ2v) is 10.6. The lowest BCUT2D eigenvalue weighted by Gasteiger charge is -2.24. The van der Waals surface area contributed by atoms with Gasteiger partial charge in [-0.25, -0.2) is 9.18 Å². The van der Waals surface area contributed by atoms with Gasteiger partial charge in [-0.05, 0) is 49.4 Å². The molecule has 1 saturated carbocycles. The van der Waals surface area contributed by atoms with Crippen LogP contribution in [0.5, 0.6) is 5.75 Å². The van der Waals surface area contributed by atoms with Gasteiger partial charge in [-0.1, -0.05) is 23.7 Å². The lowest BCUT2D eigenvalue weighted by molar-refractivity contribution is -0.123. The second kappa shape index (κ2) is 9.51. The van der Waals surface area contributed by atoms with Crippen molar-refractivity contribution in [1.29, 1.82) is 0 Å². The molecule has 0 radical (unpaired) electrons. The zero-order valence-electron chi connectivity index (χ0n) is 20.3. The number of halogens is 2. The van der Waals surface area contributed by atoms with E-state index in [0.29, 0.717) is 39.9 Å². The van der Waals surface area contributed by atoms with Crippen molar-refractivity contribution in [3.05, 3.63) is 58.5 Å². The number of aromatic nitrogens is 1. The summed E-state index contributed by atoms with van der Waals surface area (Å²) >= 11 is 6.29. The average molecular weight is 530 g/mol. The van der Waals surface area contributed by atoms with Crippen LogP contribution in [-0.2, 0) is 17.8 Å². The number of hydrogen-bond donors (Lipinski definition) is 5. The maximum Gasteiger partial charge on any atom is 0.323 e. The third-order valence-electron chi connectivity index (χ3n) is 7.05. The first-order valence-electron chi connectivity index (χ1n) is 12.1. The van der Waals surface area contributed by atoms with Crippen LogP contribution in [0.15, 0.2) is 36.5 Å².